The number of rotatable bonds is 3. The molecule has 0 aliphatic carbocycles. The molecule has 3 aromatic rings. The van der Waals surface area contributed by atoms with Crippen LogP contribution in [-0.2, 0) is 0 Å². The molecule has 3 atom stereocenters. The van der Waals surface area contributed by atoms with Crippen molar-refractivity contribution < 1.29 is 4.79 Å². The van der Waals surface area contributed by atoms with Crippen LogP contribution in [0.5, 0.6) is 0 Å². The standard InChI is InChI=1S/C18H19N5OS/c1-9-7-20-18(25-9)10-3-4-12-13(5-10)21-22-15(12)17(24)16-14-6-11(8-19-14)23(16)2/h3-5,7,11,14,16,19H,6,8H2,1-2H3,(H,21,22)/t11-,14+,16?/m0/s1. The van der Waals surface area contributed by atoms with Crippen molar-refractivity contribution in [3.8, 4) is 10.6 Å². The van der Waals surface area contributed by atoms with Crippen LogP contribution in [-0.4, -0.2) is 57.6 Å². The lowest BCUT2D eigenvalue weighted by Gasteiger charge is -2.30. The van der Waals surface area contributed by atoms with Crippen LogP contribution in [0, 0.1) is 6.92 Å². The summed E-state index contributed by atoms with van der Waals surface area (Å²) in [6, 6.07) is 6.62. The molecule has 0 amide bonds. The lowest BCUT2D eigenvalue weighted by atomic mass is 10.0. The minimum Gasteiger partial charge on any atom is -0.310 e. The van der Waals surface area contributed by atoms with E-state index in [9.17, 15) is 4.79 Å². The average molecular weight is 353 g/mol. The Kier molecular flexibility index (Phi) is 3.31. The summed E-state index contributed by atoms with van der Waals surface area (Å²) in [6.07, 6.45) is 2.92. The van der Waals surface area contributed by atoms with E-state index in [-0.39, 0.29) is 17.9 Å². The summed E-state index contributed by atoms with van der Waals surface area (Å²) in [7, 11) is 2.05. The first-order valence-corrected chi connectivity index (χ1v) is 9.34. The first kappa shape index (κ1) is 15.2. The molecule has 2 bridgehead atoms. The number of nitrogens with one attached hydrogen (secondary N) is 2. The van der Waals surface area contributed by atoms with Gasteiger partial charge in [-0.15, -0.1) is 11.3 Å². The summed E-state index contributed by atoms with van der Waals surface area (Å²) in [6.45, 7) is 3.02. The third-order valence-electron chi connectivity index (χ3n) is 5.47. The van der Waals surface area contributed by atoms with Gasteiger partial charge in [-0.3, -0.25) is 14.8 Å². The van der Waals surface area contributed by atoms with Crippen LogP contribution in [0.15, 0.2) is 24.4 Å². The highest BCUT2D eigenvalue weighted by molar-refractivity contribution is 7.14. The minimum atomic E-state index is -0.119. The molecule has 7 heteroatoms. The lowest BCUT2D eigenvalue weighted by Crippen LogP contribution is -2.53. The Morgan fingerprint density at radius 2 is 2.28 bits per heavy atom. The number of nitrogens with zero attached hydrogens (tertiary/aromatic N) is 3. The molecule has 2 fully saturated rings. The van der Waals surface area contributed by atoms with E-state index in [1.165, 1.54) is 4.88 Å². The van der Waals surface area contributed by atoms with Gasteiger partial charge in [0, 0.05) is 40.7 Å². The molecule has 25 heavy (non-hydrogen) atoms. The minimum absolute atomic E-state index is 0.103. The van der Waals surface area contributed by atoms with Crippen LogP contribution < -0.4 is 5.32 Å². The first-order valence-electron chi connectivity index (χ1n) is 8.52. The zero-order valence-electron chi connectivity index (χ0n) is 14.1. The molecule has 2 aliphatic heterocycles. The number of aromatic nitrogens is 3. The highest BCUT2D eigenvalue weighted by atomic mass is 32.1. The average Bonchev–Trinajstić information content (AvgIpc) is 3.36. The molecule has 0 saturated carbocycles. The molecule has 0 spiro atoms. The highest BCUT2D eigenvalue weighted by Crippen LogP contribution is 2.32. The molecule has 128 valence electrons. The number of H-pyrrole nitrogens is 1. The predicted octanol–water partition coefficient (Wildman–Crippen LogP) is 2.22. The summed E-state index contributed by atoms with van der Waals surface area (Å²) in [5.41, 5.74) is 2.47. The van der Waals surface area contributed by atoms with E-state index >= 15 is 0 Å². The van der Waals surface area contributed by atoms with Gasteiger partial charge in [-0.1, -0.05) is 6.07 Å². The van der Waals surface area contributed by atoms with Gasteiger partial charge in [0.25, 0.3) is 0 Å². The van der Waals surface area contributed by atoms with Gasteiger partial charge < -0.3 is 5.32 Å². The molecule has 1 aromatic carbocycles. The molecule has 6 nitrogen and oxygen atoms in total. The van der Waals surface area contributed by atoms with Gasteiger partial charge in [0.2, 0.25) is 5.78 Å². The largest absolute Gasteiger partial charge is 0.310 e. The van der Waals surface area contributed by atoms with E-state index in [1.807, 2.05) is 38.4 Å². The number of carbonyl (C=O) groups is 1. The molecule has 2 saturated heterocycles. The monoisotopic (exact) mass is 353 g/mol. The number of aromatic amines is 1. The Balaban J connectivity index is 1.51. The second-order valence-electron chi connectivity index (χ2n) is 6.99. The molecule has 2 aliphatic rings. The van der Waals surface area contributed by atoms with Crippen molar-refractivity contribution in [2.45, 2.75) is 31.5 Å². The van der Waals surface area contributed by atoms with E-state index in [4.69, 9.17) is 0 Å². The number of carbonyl (C=O) groups excluding carboxylic acids is 1. The number of ketones is 1. The number of fused-ring (bicyclic) bond motifs is 3. The maximum absolute atomic E-state index is 13.1. The molecule has 2 N–H and O–H groups in total. The lowest BCUT2D eigenvalue weighted by molar-refractivity contribution is 0.0811. The van der Waals surface area contributed by atoms with Gasteiger partial charge in [-0.05, 0) is 32.5 Å². The van der Waals surface area contributed by atoms with Gasteiger partial charge in [0.05, 0.1) is 11.6 Å². The van der Waals surface area contributed by atoms with Gasteiger partial charge in [0.15, 0.2) is 0 Å². The number of hydrogen-bond donors (Lipinski definition) is 2. The summed E-state index contributed by atoms with van der Waals surface area (Å²) in [5.74, 6) is 0.103. The number of Topliss-reactive ketones (excluding diaryl/α,β-unsaturated/α-hetero) is 1. The highest BCUT2D eigenvalue weighted by Gasteiger charge is 2.48. The SMILES string of the molecule is Cc1cnc(-c2ccc3c(C(=O)C4[C@H]5C[C@@H](CN5)N4C)n[nH]c3c2)s1. The molecule has 1 unspecified atom stereocenters. The van der Waals surface area contributed by atoms with E-state index in [0.717, 1.165) is 34.4 Å². The quantitative estimate of drug-likeness (QED) is 0.707. The van der Waals surface area contributed by atoms with Gasteiger partial charge >= 0.3 is 0 Å². The van der Waals surface area contributed by atoms with E-state index in [2.05, 4.69) is 25.4 Å². The molecular formula is C18H19N5OS. The fraction of sp³-hybridized carbons (Fsp3) is 0.389. The number of benzene rings is 1. The number of piperazine rings is 1. The van der Waals surface area contributed by atoms with Crippen molar-refractivity contribution in [3.63, 3.8) is 0 Å². The molecular weight excluding hydrogens is 334 g/mol. The number of likely N-dealkylation sites (tertiary alicyclic amines) is 1. The van der Waals surface area contributed by atoms with Crippen LogP contribution in [0.4, 0.5) is 0 Å². The summed E-state index contributed by atoms with van der Waals surface area (Å²) >= 11 is 1.66. The van der Waals surface area contributed by atoms with Crippen molar-refractivity contribution in [2.24, 2.45) is 0 Å². The topological polar surface area (TPSA) is 73.9 Å². The zero-order chi connectivity index (χ0) is 17.1. The smallest absolute Gasteiger partial charge is 0.202 e. The van der Waals surface area contributed by atoms with Gasteiger partial charge in [-0.25, -0.2) is 4.98 Å². The van der Waals surface area contributed by atoms with Crippen LogP contribution in [0.1, 0.15) is 21.8 Å². The Labute approximate surface area is 149 Å². The van der Waals surface area contributed by atoms with Crippen molar-refractivity contribution in [1.29, 1.82) is 0 Å². The predicted molar refractivity (Wildman–Crippen MR) is 98.0 cm³/mol. The number of thiazole rings is 1. The Morgan fingerprint density at radius 1 is 1.40 bits per heavy atom. The third-order valence-corrected chi connectivity index (χ3v) is 6.43. The van der Waals surface area contributed by atoms with Gasteiger partial charge in [-0.2, -0.15) is 5.10 Å². The number of aryl methyl sites for hydroxylation is 1. The van der Waals surface area contributed by atoms with Gasteiger partial charge in [0.1, 0.15) is 10.7 Å². The second kappa shape index (κ2) is 5.45. The van der Waals surface area contributed by atoms with Crippen LogP contribution in [0.25, 0.3) is 21.5 Å². The maximum atomic E-state index is 13.1. The molecule has 4 heterocycles. The summed E-state index contributed by atoms with van der Waals surface area (Å²) < 4.78 is 0. The van der Waals surface area contributed by atoms with E-state index < -0.39 is 0 Å². The molecule has 5 rings (SSSR count). The molecule has 2 aromatic heterocycles. The van der Waals surface area contributed by atoms with Crippen molar-refractivity contribution in [1.82, 2.24) is 25.4 Å². The normalized spacial score (nSPS) is 25.9. The molecule has 0 radical (unpaired) electrons. The Morgan fingerprint density at radius 3 is 3.00 bits per heavy atom. The van der Waals surface area contributed by atoms with Crippen molar-refractivity contribution in [2.75, 3.05) is 13.6 Å². The second-order valence-corrected chi connectivity index (χ2v) is 8.22. The Bertz CT molecular complexity index is 975. The van der Waals surface area contributed by atoms with E-state index in [1.54, 1.807) is 11.3 Å². The first-order chi connectivity index (χ1) is 12.1. The van der Waals surface area contributed by atoms with E-state index in [0.29, 0.717) is 11.7 Å². The Hall–Kier alpha value is -2.09. The fourth-order valence-electron chi connectivity index (χ4n) is 4.15. The van der Waals surface area contributed by atoms with Crippen molar-refractivity contribution in [3.05, 3.63) is 35.0 Å². The zero-order valence-corrected chi connectivity index (χ0v) is 14.9. The number of hydrogen-bond acceptors (Lipinski definition) is 6. The summed E-state index contributed by atoms with van der Waals surface area (Å²) in [5, 5.41) is 12.7. The third kappa shape index (κ3) is 2.27. The van der Waals surface area contributed by atoms with Crippen LogP contribution in [0.3, 0.4) is 0 Å². The summed E-state index contributed by atoms with van der Waals surface area (Å²) in [4.78, 5) is 20.9. The van der Waals surface area contributed by atoms with Crippen LogP contribution in [0.2, 0.25) is 0 Å². The van der Waals surface area contributed by atoms with Crippen LogP contribution >= 0.6 is 11.3 Å². The maximum Gasteiger partial charge on any atom is 0.202 e. The van der Waals surface area contributed by atoms with Crippen molar-refractivity contribution >= 4 is 28.0 Å². The fourth-order valence-corrected chi connectivity index (χ4v) is 4.91. The number of likely N-dealkylation sites (N-methyl/N-ethyl adjacent to an activating group) is 1.